The SMILES string of the molecule is CC(C)(C)N(Cc1ccccc1)C(c1ccc(C(F)(F)F)cc1)P(C1CCCCC1)C1CCCCC1. The van der Waals surface area contributed by atoms with E-state index in [2.05, 4.69) is 56.0 Å². The fourth-order valence-corrected chi connectivity index (χ4v) is 10.9. The molecule has 0 N–H and O–H groups in total. The van der Waals surface area contributed by atoms with Crippen molar-refractivity contribution in [2.24, 2.45) is 0 Å². The van der Waals surface area contributed by atoms with E-state index in [1.165, 1.54) is 81.9 Å². The molecule has 4 rings (SSSR count). The molecule has 0 spiro atoms. The van der Waals surface area contributed by atoms with Gasteiger partial charge in [-0.2, -0.15) is 13.2 Å². The van der Waals surface area contributed by atoms with E-state index in [9.17, 15) is 13.2 Å². The highest BCUT2D eigenvalue weighted by Crippen LogP contribution is 2.66. The fraction of sp³-hybridized carbons (Fsp3) is 0.613. The molecule has 1 atom stereocenters. The second-order valence-corrected chi connectivity index (χ2v) is 14.7. The molecule has 0 amide bonds. The first-order chi connectivity index (χ1) is 17.1. The Labute approximate surface area is 217 Å². The van der Waals surface area contributed by atoms with Gasteiger partial charge in [-0.1, -0.05) is 88.9 Å². The van der Waals surface area contributed by atoms with Gasteiger partial charge in [0.25, 0.3) is 0 Å². The second-order valence-electron chi connectivity index (χ2n) is 11.8. The summed E-state index contributed by atoms with van der Waals surface area (Å²) in [6.45, 7) is 7.65. The largest absolute Gasteiger partial charge is 0.416 e. The summed E-state index contributed by atoms with van der Waals surface area (Å²) in [4.78, 5) is 2.64. The Kier molecular flexibility index (Phi) is 9.21. The number of nitrogens with zero attached hydrogens (tertiary/aromatic N) is 1. The molecule has 2 aromatic carbocycles. The van der Waals surface area contributed by atoms with Crippen LogP contribution in [0.1, 0.15) is 107 Å². The zero-order valence-corrected chi connectivity index (χ0v) is 23.1. The van der Waals surface area contributed by atoms with E-state index in [1.807, 2.05) is 0 Å². The first-order valence-electron chi connectivity index (χ1n) is 13.9. The second kappa shape index (κ2) is 12.0. The lowest BCUT2D eigenvalue weighted by Gasteiger charge is -2.51. The van der Waals surface area contributed by atoms with Crippen molar-refractivity contribution in [2.75, 3.05) is 0 Å². The Bertz CT molecular complexity index is 905. The predicted octanol–water partition coefficient (Wildman–Crippen LogP) is 10.2. The van der Waals surface area contributed by atoms with Crippen molar-refractivity contribution in [3.8, 4) is 0 Å². The van der Waals surface area contributed by atoms with Crippen molar-refractivity contribution in [2.45, 2.75) is 120 Å². The van der Waals surface area contributed by atoms with Crippen molar-refractivity contribution in [3.05, 3.63) is 71.3 Å². The van der Waals surface area contributed by atoms with E-state index in [1.54, 1.807) is 12.1 Å². The molecule has 0 saturated heterocycles. The third-order valence-corrected chi connectivity index (χ3v) is 12.0. The van der Waals surface area contributed by atoms with Crippen LogP contribution in [0, 0.1) is 0 Å². The maximum atomic E-state index is 13.5. The molecule has 2 aliphatic rings. The monoisotopic (exact) mass is 517 g/mol. The third kappa shape index (κ3) is 6.93. The number of hydrogen-bond acceptors (Lipinski definition) is 1. The third-order valence-electron chi connectivity index (χ3n) is 8.16. The summed E-state index contributed by atoms with van der Waals surface area (Å²) in [5, 5.41) is 0. The fourth-order valence-electron chi connectivity index (χ4n) is 6.28. The van der Waals surface area contributed by atoms with Gasteiger partial charge in [0.2, 0.25) is 0 Å². The van der Waals surface area contributed by atoms with E-state index in [0.29, 0.717) is 11.3 Å². The summed E-state index contributed by atoms with van der Waals surface area (Å²) in [5.41, 5.74) is 3.08. The lowest BCUT2D eigenvalue weighted by molar-refractivity contribution is -0.137. The minimum Gasteiger partial charge on any atom is -0.283 e. The standard InChI is InChI=1S/C31H43F3NP/c1-30(2,3)35(23-24-13-7-4-8-14-24)29(25-19-21-26(22-20-25)31(32,33)34)36(27-15-9-5-10-16-27)28-17-11-6-12-18-28/h4,7-8,13-14,19-22,27-29H,5-6,9-12,15-18,23H2,1-3H3. The first-order valence-corrected chi connectivity index (χ1v) is 15.4. The van der Waals surface area contributed by atoms with Crippen LogP contribution < -0.4 is 0 Å². The molecule has 2 fully saturated rings. The molecule has 1 nitrogen and oxygen atoms in total. The molecule has 198 valence electrons. The summed E-state index contributed by atoms with van der Waals surface area (Å²) in [6, 6.07) is 16.9. The van der Waals surface area contributed by atoms with E-state index in [-0.39, 0.29) is 11.3 Å². The Morgan fingerprint density at radius 1 is 0.750 bits per heavy atom. The van der Waals surface area contributed by atoms with Gasteiger partial charge in [0.15, 0.2) is 0 Å². The van der Waals surface area contributed by atoms with Crippen LogP contribution in [0.5, 0.6) is 0 Å². The number of rotatable bonds is 7. The molecule has 2 aromatic rings. The van der Waals surface area contributed by atoms with Crippen LogP contribution in [0.3, 0.4) is 0 Å². The quantitative estimate of drug-likeness (QED) is 0.330. The Balaban J connectivity index is 1.82. The number of hydrogen-bond donors (Lipinski definition) is 0. The lowest BCUT2D eigenvalue weighted by atomic mass is 9.99. The van der Waals surface area contributed by atoms with Gasteiger partial charge in [-0.15, -0.1) is 0 Å². The molecule has 1 unspecified atom stereocenters. The van der Waals surface area contributed by atoms with E-state index >= 15 is 0 Å². The van der Waals surface area contributed by atoms with Crippen LogP contribution in [0.25, 0.3) is 0 Å². The van der Waals surface area contributed by atoms with Gasteiger partial charge in [-0.3, -0.25) is 4.90 Å². The molecule has 0 aromatic heterocycles. The molecule has 0 heterocycles. The van der Waals surface area contributed by atoms with Crippen LogP contribution in [0.15, 0.2) is 54.6 Å². The summed E-state index contributed by atoms with van der Waals surface area (Å²) in [7, 11) is -0.430. The van der Waals surface area contributed by atoms with Gasteiger partial charge in [-0.25, -0.2) is 0 Å². The molecule has 2 saturated carbocycles. The maximum Gasteiger partial charge on any atom is 0.416 e. The molecule has 36 heavy (non-hydrogen) atoms. The summed E-state index contributed by atoms with van der Waals surface area (Å²) >= 11 is 0. The van der Waals surface area contributed by atoms with Gasteiger partial charge in [-0.05, 0) is 81.0 Å². The Morgan fingerprint density at radius 3 is 1.69 bits per heavy atom. The van der Waals surface area contributed by atoms with Gasteiger partial charge >= 0.3 is 6.18 Å². The van der Waals surface area contributed by atoms with E-state index < -0.39 is 19.7 Å². The normalized spacial score (nSPS) is 19.7. The van der Waals surface area contributed by atoms with Crippen LogP contribution in [0.4, 0.5) is 13.2 Å². The Hall–Kier alpha value is -1.38. The minimum atomic E-state index is -4.31. The summed E-state index contributed by atoms with van der Waals surface area (Å²) in [5.74, 6) is 0.161. The van der Waals surface area contributed by atoms with E-state index in [0.717, 1.165) is 12.1 Å². The summed E-state index contributed by atoms with van der Waals surface area (Å²) < 4.78 is 40.5. The lowest BCUT2D eigenvalue weighted by Crippen LogP contribution is -2.44. The van der Waals surface area contributed by atoms with Crippen molar-refractivity contribution in [3.63, 3.8) is 0 Å². The number of halogens is 3. The number of benzene rings is 2. The van der Waals surface area contributed by atoms with Crippen molar-refractivity contribution < 1.29 is 13.2 Å². The molecular formula is C31H43F3NP. The van der Waals surface area contributed by atoms with Gasteiger partial charge < -0.3 is 0 Å². The van der Waals surface area contributed by atoms with Crippen LogP contribution >= 0.6 is 7.92 Å². The van der Waals surface area contributed by atoms with Crippen molar-refractivity contribution in [1.29, 1.82) is 0 Å². The molecular weight excluding hydrogens is 474 g/mol. The van der Waals surface area contributed by atoms with Gasteiger partial charge in [0, 0.05) is 12.1 Å². The predicted molar refractivity (Wildman–Crippen MR) is 147 cm³/mol. The highest BCUT2D eigenvalue weighted by Gasteiger charge is 2.43. The molecule has 2 aliphatic carbocycles. The van der Waals surface area contributed by atoms with E-state index in [4.69, 9.17) is 0 Å². The topological polar surface area (TPSA) is 3.24 Å². The molecule has 0 bridgehead atoms. The average molecular weight is 518 g/mol. The van der Waals surface area contributed by atoms with Crippen molar-refractivity contribution in [1.82, 2.24) is 4.90 Å². The van der Waals surface area contributed by atoms with Crippen LogP contribution in [-0.2, 0) is 12.7 Å². The highest BCUT2D eigenvalue weighted by atomic mass is 31.1. The van der Waals surface area contributed by atoms with Gasteiger partial charge in [0.1, 0.15) is 0 Å². The first kappa shape index (κ1) is 27.6. The van der Waals surface area contributed by atoms with Crippen LogP contribution in [0.2, 0.25) is 0 Å². The average Bonchev–Trinajstić information content (AvgIpc) is 2.87. The zero-order chi connectivity index (χ0) is 25.8. The number of alkyl halides is 3. The van der Waals surface area contributed by atoms with Crippen molar-refractivity contribution >= 4 is 7.92 Å². The van der Waals surface area contributed by atoms with Gasteiger partial charge in [0.05, 0.1) is 11.3 Å². The zero-order valence-electron chi connectivity index (χ0n) is 22.2. The minimum absolute atomic E-state index is 0.118. The molecule has 5 heteroatoms. The molecule has 0 radical (unpaired) electrons. The van der Waals surface area contributed by atoms with Crippen LogP contribution in [-0.4, -0.2) is 21.8 Å². The Morgan fingerprint density at radius 2 is 1.25 bits per heavy atom. The maximum absolute atomic E-state index is 13.5. The highest BCUT2D eigenvalue weighted by molar-refractivity contribution is 7.59. The smallest absolute Gasteiger partial charge is 0.283 e. The summed E-state index contributed by atoms with van der Waals surface area (Å²) in [6.07, 6.45) is 8.64. The molecule has 0 aliphatic heterocycles.